The molecule has 0 unspecified atom stereocenters. The van der Waals surface area contributed by atoms with E-state index in [2.05, 4.69) is 6.92 Å². The van der Waals surface area contributed by atoms with Crippen molar-refractivity contribution in [3.63, 3.8) is 0 Å². The van der Waals surface area contributed by atoms with Crippen molar-refractivity contribution < 1.29 is 18.8 Å². The molecule has 0 spiro atoms. The maximum absolute atomic E-state index is 12.7. The van der Waals surface area contributed by atoms with Crippen LogP contribution in [-0.2, 0) is 6.54 Å². The molecule has 0 saturated heterocycles. The molecule has 1 aromatic carbocycles. The largest absolute Gasteiger partial charge is 0.467 e. The van der Waals surface area contributed by atoms with E-state index in [4.69, 9.17) is 4.42 Å². The standard InChI is InChI=1S/C20H22N2O4/c1-3-5-10-21(4-2)18(23)14-8-9-16-17(12-14)20(25)22(19(16)24)13-15-7-6-11-26-15/h6-9,11-12H,3-5,10,13H2,1-2H3. The first-order valence-electron chi connectivity index (χ1n) is 8.88. The van der Waals surface area contributed by atoms with Gasteiger partial charge in [0.1, 0.15) is 5.76 Å². The van der Waals surface area contributed by atoms with Crippen LogP contribution in [0.15, 0.2) is 41.0 Å². The van der Waals surface area contributed by atoms with E-state index in [1.807, 2.05) is 6.92 Å². The zero-order valence-electron chi connectivity index (χ0n) is 15.0. The van der Waals surface area contributed by atoms with E-state index in [9.17, 15) is 14.4 Å². The molecule has 1 aromatic heterocycles. The third-order valence-electron chi connectivity index (χ3n) is 4.56. The number of fused-ring (bicyclic) bond motifs is 1. The third kappa shape index (κ3) is 3.27. The number of carbonyl (C=O) groups excluding carboxylic acids is 3. The lowest BCUT2D eigenvalue weighted by atomic mass is 10.0. The molecule has 1 aliphatic rings. The van der Waals surface area contributed by atoms with Gasteiger partial charge in [-0.05, 0) is 43.7 Å². The van der Waals surface area contributed by atoms with Gasteiger partial charge in [-0.25, -0.2) is 0 Å². The molecular formula is C20H22N2O4. The molecule has 6 nitrogen and oxygen atoms in total. The number of rotatable bonds is 7. The number of hydrogen-bond donors (Lipinski definition) is 0. The summed E-state index contributed by atoms with van der Waals surface area (Å²) < 4.78 is 5.23. The number of nitrogens with zero attached hydrogens (tertiary/aromatic N) is 2. The fourth-order valence-corrected chi connectivity index (χ4v) is 3.06. The van der Waals surface area contributed by atoms with Gasteiger partial charge in [0.15, 0.2) is 0 Å². The molecule has 0 bridgehead atoms. The summed E-state index contributed by atoms with van der Waals surface area (Å²) in [6, 6.07) is 8.15. The van der Waals surface area contributed by atoms with Crippen LogP contribution in [0.5, 0.6) is 0 Å². The van der Waals surface area contributed by atoms with E-state index in [-0.39, 0.29) is 23.9 Å². The van der Waals surface area contributed by atoms with Gasteiger partial charge < -0.3 is 9.32 Å². The maximum Gasteiger partial charge on any atom is 0.261 e. The van der Waals surface area contributed by atoms with Crippen LogP contribution in [0.25, 0.3) is 0 Å². The van der Waals surface area contributed by atoms with E-state index in [1.165, 1.54) is 12.3 Å². The molecule has 2 aromatic rings. The Kier molecular flexibility index (Phi) is 5.21. The van der Waals surface area contributed by atoms with Crippen LogP contribution >= 0.6 is 0 Å². The minimum Gasteiger partial charge on any atom is -0.467 e. The highest BCUT2D eigenvalue weighted by Crippen LogP contribution is 2.26. The number of hydrogen-bond acceptors (Lipinski definition) is 4. The zero-order chi connectivity index (χ0) is 18.7. The normalized spacial score (nSPS) is 13.2. The van der Waals surface area contributed by atoms with Gasteiger partial charge in [-0.1, -0.05) is 13.3 Å². The minimum absolute atomic E-state index is 0.0835. The molecule has 0 fully saturated rings. The molecule has 3 rings (SSSR count). The van der Waals surface area contributed by atoms with Gasteiger partial charge in [0.2, 0.25) is 0 Å². The van der Waals surface area contributed by atoms with Crippen LogP contribution in [0.1, 0.15) is 63.5 Å². The number of carbonyl (C=O) groups is 3. The zero-order valence-corrected chi connectivity index (χ0v) is 15.0. The molecule has 3 amide bonds. The number of furan rings is 1. The highest BCUT2D eigenvalue weighted by atomic mass is 16.3. The first-order valence-corrected chi connectivity index (χ1v) is 8.88. The lowest BCUT2D eigenvalue weighted by Gasteiger charge is -2.20. The fraction of sp³-hybridized carbons (Fsp3) is 0.350. The second-order valence-corrected chi connectivity index (χ2v) is 6.27. The van der Waals surface area contributed by atoms with E-state index in [0.29, 0.717) is 30.0 Å². The lowest BCUT2D eigenvalue weighted by molar-refractivity contribution is 0.0631. The van der Waals surface area contributed by atoms with Gasteiger partial charge in [0.05, 0.1) is 23.9 Å². The van der Waals surface area contributed by atoms with Gasteiger partial charge >= 0.3 is 0 Å². The Morgan fingerprint density at radius 2 is 1.88 bits per heavy atom. The predicted molar refractivity (Wildman–Crippen MR) is 95.8 cm³/mol. The highest BCUT2D eigenvalue weighted by molar-refractivity contribution is 6.22. The Labute approximate surface area is 152 Å². The predicted octanol–water partition coefficient (Wildman–Crippen LogP) is 3.34. The lowest BCUT2D eigenvalue weighted by Crippen LogP contribution is -2.31. The Bertz CT molecular complexity index is 826. The van der Waals surface area contributed by atoms with Crippen molar-refractivity contribution in [2.45, 2.75) is 33.2 Å². The SMILES string of the molecule is CCCCN(CC)C(=O)c1ccc2c(c1)C(=O)N(Cc1ccco1)C2=O. The van der Waals surface area contributed by atoms with Crippen LogP contribution < -0.4 is 0 Å². The van der Waals surface area contributed by atoms with Crippen molar-refractivity contribution in [2.24, 2.45) is 0 Å². The van der Waals surface area contributed by atoms with Gasteiger partial charge in [-0.3, -0.25) is 19.3 Å². The summed E-state index contributed by atoms with van der Waals surface area (Å²) in [5.41, 5.74) is 1.04. The molecule has 0 N–H and O–H groups in total. The summed E-state index contributed by atoms with van der Waals surface area (Å²) in [7, 11) is 0. The van der Waals surface area contributed by atoms with Crippen molar-refractivity contribution in [1.82, 2.24) is 9.80 Å². The van der Waals surface area contributed by atoms with Crippen molar-refractivity contribution in [1.29, 1.82) is 0 Å². The van der Waals surface area contributed by atoms with Crippen molar-refractivity contribution in [3.05, 3.63) is 59.0 Å². The van der Waals surface area contributed by atoms with Crippen LogP contribution in [0.3, 0.4) is 0 Å². The van der Waals surface area contributed by atoms with Crippen molar-refractivity contribution >= 4 is 17.7 Å². The van der Waals surface area contributed by atoms with Crippen molar-refractivity contribution in [3.8, 4) is 0 Å². The van der Waals surface area contributed by atoms with E-state index in [1.54, 1.807) is 29.2 Å². The molecule has 2 heterocycles. The second kappa shape index (κ2) is 7.56. The summed E-state index contributed by atoms with van der Waals surface area (Å²) in [4.78, 5) is 40.8. The Morgan fingerprint density at radius 3 is 2.54 bits per heavy atom. The first-order chi connectivity index (χ1) is 12.6. The van der Waals surface area contributed by atoms with Gasteiger partial charge in [0, 0.05) is 18.7 Å². The Balaban J connectivity index is 1.84. The molecule has 0 saturated carbocycles. The molecule has 0 aliphatic carbocycles. The topological polar surface area (TPSA) is 70.8 Å². The highest BCUT2D eigenvalue weighted by Gasteiger charge is 2.36. The fourth-order valence-electron chi connectivity index (χ4n) is 3.06. The minimum atomic E-state index is -0.396. The van der Waals surface area contributed by atoms with Crippen molar-refractivity contribution in [2.75, 3.05) is 13.1 Å². The quantitative estimate of drug-likeness (QED) is 0.715. The maximum atomic E-state index is 12.7. The summed E-state index contributed by atoms with van der Waals surface area (Å²) in [5.74, 6) is -0.340. The van der Waals surface area contributed by atoms with Gasteiger partial charge in [0.25, 0.3) is 17.7 Å². The summed E-state index contributed by atoms with van der Waals surface area (Å²) >= 11 is 0. The Morgan fingerprint density at radius 1 is 1.12 bits per heavy atom. The van der Waals surface area contributed by atoms with Crippen LogP contribution in [-0.4, -0.2) is 40.6 Å². The van der Waals surface area contributed by atoms with E-state index < -0.39 is 5.91 Å². The molecule has 136 valence electrons. The Hall–Kier alpha value is -2.89. The molecule has 0 radical (unpaired) electrons. The number of amides is 3. The van der Waals surface area contributed by atoms with Crippen LogP contribution in [0.4, 0.5) is 0 Å². The van der Waals surface area contributed by atoms with Crippen LogP contribution in [0, 0.1) is 0 Å². The number of benzene rings is 1. The monoisotopic (exact) mass is 354 g/mol. The summed E-state index contributed by atoms with van der Waals surface area (Å²) in [6.45, 7) is 5.38. The first kappa shape index (κ1) is 17.9. The molecule has 1 aliphatic heterocycles. The van der Waals surface area contributed by atoms with Gasteiger partial charge in [-0.15, -0.1) is 0 Å². The molecule has 0 atom stereocenters. The van der Waals surface area contributed by atoms with E-state index in [0.717, 1.165) is 17.7 Å². The smallest absolute Gasteiger partial charge is 0.261 e. The van der Waals surface area contributed by atoms with Gasteiger partial charge in [-0.2, -0.15) is 0 Å². The summed E-state index contributed by atoms with van der Waals surface area (Å²) in [6.07, 6.45) is 3.43. The summed E-state index contributed by atoms with van der Waals surface area (Å²) in [5, 5.41) is 0. The average Bonchev–Trinajstić information content (AvgIpc) is 3.25. The third-order valence-corrected chi connectivity index (χ3v) is 4.56. The van der Waals surface area contributed by atoms with E-state index >= 15 is 0 Å². The molecule has 6 heteroatoms. The average molecular weight is 354 g/mol. The number of imide groups is 1. The second-order valence-electron chi connectivity index (χ2n) is 6.27. The van der Waals surface area contributed by atoms with Crippen LogP contribution in [0.2, 0.25) is 0 Å². The molecular weight excluding hydrogens is 332 g/mol. The number of unbranched alkanes of at least 4 members (excludes halogenated alkanes) is 1. The molecule has 26 heavy (non-hydrogen) atoms.